The Balaban J connectivity index is 1.98. The second-order valence-corrected chi connectivity index (χ2v) is 6.91. The average Bonchev–Trinajstić information content (AvgIpc) is 3.06. The maximum atomic E-state index is 12.1. The molecule has 0 radical (unpaired) electrons. The third kappa shape index (κ3) is 3.59. The number of H-pyrrole nitrogens is 1. The van der Waals surface area contributed by atoms with Crippen LogP contribution in [0, 0.1) is 0 Å². The zero-order valence-corrected chi connectivity index (χ0v) is 16.2. The normalized spacial score (nSPS) is 12.4. The van der Waals surface area contributed by atoms with Crippen molar-refractivity contribution in [1.82, 2.24) is 10.2 Å². The van der Waals surface area contributed by atoms with Gasteiger partial charge in [0.2, 0.25) is 0 Å². The molecule has 1 aliphatic rings. The van der Waals surface area contributed by atoms with Crippen molar-refractivity contribution in [1.29, 1.82) is 0 Å². The standard InChI is InChI=1S/C19H23BrN2O3/c1-3-25-19(23)18-14-8-7-12-11-16(24-2)13(6-4-5-9-20)10-15(12)17(14)21-22-18/h10-11H,3-9H2,1-2H3,(H,21,22). The fourth-order valence-corrected chi connectivity index (χ4v) is 3.75. The predicted molar refractivity (Wildman–Crippen MR) is 101 cm³/mol. The van der Waals surface area contributed by atoms with E-state index < -0.39 is 0 Å². The number of carbonyl (C=O) groups excluding carboxylic acids is 1. The van der Waals surface area contributed by atoms with Crippen LogP contribution in [-0.2, 0) is 24.0 Å². The number of hydrogen-bond donors (Lipinski definition) is 1. The predicted octanol–water partition coefficient (Wildman–Crippen LogP) is 4.08. The van der Waals surface area contributed by atoms with Crippen molar-refractivity contribution in [2.45, 2.75) is 39.0 Å². The van der Waals surface area contributed by atoms with Crippen molar-refractivity contribution in [2.75, 3.05) is 19.0 Å². The number of unbranched alkanes of at least 4 members (excludes halogenated alkanes) is 1. The number of nitrogens with one attached hydrogen (secondary N) is 1. The summed E-state index contributed by atoms with van der Waals surface area (Å²) in [6.07, 6.45) is 4.83. The Morgan fingerprint density at radius 3 is 2.88 bits per heavy atom. The number of rotatable bonds is 7. The first-order valence-corrected chi connectivity index (χ1v) is 9.82. The van der Waals surface area contributed by atoms with E-state index in [-0.39, 0.29) is 5.97 Å². The maximum absolute atomic E-state index is 12.1. The lowest BCUT2D eigenvalue weighted by Crippen LogP contribution is -2.11. The Morgan fingerprint density at radius 1 is 1.32 bits per heavy atom. The number of aromatic amines is 1. The fraction of sp³-hybridized carbons (Fsp3) is 0.474. The van der Waals surface area contributed by atoms with Gasteiger partial charge in [0.25, 0.3) is 0 Å². The average molecular weight is 407 g/mol. The third-order valence-electron chi connectivity index (χ3n) is 4.58. The number of halogens is 1. The van der Waals surface area contributed by atoms with Gasteiger partial charge in [-0.1, -0.05) is 15.9 Å². The van der Waals surface area contributed by atoms with Gasteiger partial charge in [-0.2, -0.15) is 5.10 Å². The molecule has 1 aliphatic carbocycles. The van der Waals surface area contributed by atoms with Crippen LogP contribution in [0.4, 0.5) is 0 Å². The molecule has 0 aliphatic heterocycles. The number of methoxy groups -OCH3 is 1. The van der Waals surface area contributed by atoms with Crippen LogP contribution in [0.3, 0.4) is 0 Å². The zero-order valence-electron chi connectivity index (χ0n) is 14.7. The van der Waals surface area contributed by atoms with Gasteiger partial charge in [-0.05, 0) is 62.3 Å². The molecule has 1 aromatic heterocycles. The minimum absolute atomic E-state index is 0.328. The molecule has 0 amide bonds. The molecule has 1 aromatic carbocycles. The summed E-state index contributed by atoms with van der Waals surface area (Å²) >= 11 is 3.48. The number of alkyl halides is 1. The van der Waals surface area contributed by atoms with Crippen LogP contribution in [0.15, 0.2) is 12.1 Å². The molecule has 1 heterocycles. The molecule has 134 valence electrons. The first-order valence-electron chi connectivity index (χ1n) is 8.70. The van der Waals surface area contributed by atoms with Crippen LogP contribution in [-0.4, -0.2) is 35.2 Å². The lowest BCUT2D eigenvalue weighted by Gasteiger charge is -2.19. The molecule has 5 nitrogen and oxygen atoms in total. The minimum atomic E-state index is -0.328. The highest BCUT2D eigenvalue weighted by atomic mass is 79.9. The number of esters is 1. The summed E-state index contributed by atoms with van der Waals surface area (Å²) in [6.45, 7) is 2.17. The monoisotopic (exact) mass is 406 g/mol. The van der Waals surface area contributed by atoms with E-state index in [4.69, 9.17) is 9.47 Å². The molecular formula is C19H23BrN2O3. The van der Waals surface area contributed by atoms with E-state index in [9.17, 15) is 4.79 Å². The summed E-state index contributed by atoms with van der Waals surface area (Å²) in [5.41, 5.74) is 5.82. The Labute approximate surface area is 156 Å². The topological polar surface area (TPSA) is 64.2 Å². The summed E-state index contributed by atoms with van der Waals surface area (Å²) in [5, 5.41) is 8.31. The number of benzene rings is 1. The Bertz CT molecular complexity index is 770. The number of ether oxygens (including phenoxy) is 2. The summed E-state index contributed by atoms with van der Waals surface area (Å²) < 4.78 is 10.7. The Morgan fingerprint density at radius 2 is 2.16 bits per heavy atom. The molecule has 0 spiro atoms. The van der Waals surface area contributed by atoms with Crippen molar-refractivity contribution in [2.24, 2.45) is 0 Å². The highest BCUT2D eigenvalue weighted by Crippen LogP contribution is 2.38. The summed E-state index contributed by atoms with van der Waals surface area (Å²) in [5.74, 6) is 0.615. The van der Waals surface area contributed by atoms with E-state index in [1.54, 1.807) is 7.11 Å². The second kappa shape index (κ2) is 8.04. The number of hydrogen-bond acceptors (Lipinski definition) is 4. The first kappa shape index (κ1) is 18.0. The van der Waals surface area contributed by atoms with E-state index in [0.717, 1.165) is 60.0 Å². The largest absolute Gasteiger partial charge is 0.496 e. The number of fused-ring (bicyclic) bond motifs is 3. The van der Waals surface area contributed by atoms with Crippen molar-refractivity contribution in [3.8, 4) is 17.0 Å². The lowest BCUT2D eigenvalue weighted by molar-refractivity contribution is 0.0518. The van der Waals surface area contributed by atoms with E-state index >= 15 is 0 Å². The molecule has 0 saturated carbocycles. The highest BCUT2D eigenvalue weighted by molar-refractivity contribution is 9.09. The molecule has 0 bridgehead atoms. The van der Waals surface area contributed by atoms with Crippen molar-refractivity contribution in [3.63, 3.8) is 0 Å². The van der Waals surface area contributed by atoms with Gasteiger partial charge >= 0.3 is 5.97 Å². The van der Waals surface area contributed by atoms with Crippen LogP contribution in [0.1, 0.15) is 46.9 Å². The van der Waals surface area contributed by atoms with Gasteiger partial charge in [0.15, 0.2) is 0 Å². The van der Waals surface area contributed by atoms with Crippen LogP contribution < -0.4 is 4.74 Å². The van der Waals surface area contributed by atoms with Gasteiger partial charge in [0.1, 0.15) is 11.4 Å². The molecule has 0 fully saturated rings. The quantitative estimate of drug-likeness (QED) is 0.427. The van der Waals surface area contributed by atoms with E-state index in [1.807, 2.05) is 6.92 Å². The molecule has 6 heteroatoms. The van der Waals surface area contributed by atoms with E-state index in [1.165, 1.54) is 11.1 Å². The fourth-order valence-electron chi connectivity index (χ4n) is 3.35. The van der Waals surface area contributed by atoms with Crippen molar-refractivity contribution in [3.05, 3.63) is 34.5 Å². The van der Waals surface area contributed by atoms with Gasteiger partial charge in [-0.25, -0.2) is 4.79 Å². The van der Waals surface area contributed by atoms with Crippen molar-refractivity contribution < 1.29 is 14.3 Å². The number of aryl methyl sites for hydroxylation is 2. The zero-order chi connectivity index (χ0) is 17.8. The molecule has 0 unspecified atom stereocenters. The molecule has 1 N–H and O–H groups in total. The molecule has 2 aromatic rings. The Kier molecular flexibility index (Phi) is 5.78. The van der Waals surface area contributed by atoms with Gasteiger partial charge in [-0.15, -0.1) is 0 Å². The van der Waals surface area contributed by atoms with Gasteiger partial charge in [-0.3, -0.25) is 5.10 Å². The number of carbonyl (C=O) groups is 1. The maximum Gasteiger partial charge on any atom is 0.356 e. The molecule has 3 rings (SSSR count). The van der Waals surface area contributed by atoms with Crippen molar-refractivity contribution >= 4 is 21.9 Å². The van der Waals surface area contributed by atoms with Crippen LogP contribution in [0.25, 0.3) is 11.3 Å². The summed E-state index contributed by atoms with van der Waals surface area (Å²) in [4.78, 5) is 12.1. The van der Waals surface area contributed by atoms with Gasteiger partial charge < -0.3 is 9.47 Å². The molecule has 0 atom stereocenters. The van der Waals surface area contributed by atoms with Crippen LogP contribution in [0.2, 0.25) is 0 Å². The SMILES string of the molecule is CCOC(=O)c1[nH]nc2c1CCc1cc(OC)c(CCCCBr)cc1-2. The van der Waals surface area contributed by atoms with Gasteiger partial charge in [0, 0.05) is 16.5 Å². The first-order chi connectivity index (χ1) is 12.2. The van der Waals surface area contributed by atoms with E-state index in [0.29, 0.717) is 12.3 Å². The second-order valence-electron chi connectivity index (χ2n) is 6.11. The number of nitrogens with zero attached hydrogens (tertiary/aromatic N) is 1. The van der Waals surface area contributed by atoms with Crippen LogP contribution >= 0.6 is 15.9 Å². The van der Waals surface area contributed by atoms with Crippen LogP contribution in [0.5, 0.6) is 5.75 Å². The summed E-state index contributed by atoms with van der Waals surface area (Å²) in [6, 6.07) is 4.30. The lowest BCUT2D eigenvalue weighted by atomic mass is 9.87. The Hall–Kier alpha value is -1.82. The van der Waals surface area contributed by atoms with E-state index in [2.05, 4.69) is 38.3 Å². The smallest absolute Gasteiger partial charge is 0.356 e. The van der Waals surface area contributed by atoms with Gasteiger partial charge in [0.05, 0.1) is 19.4 Å². The number of aromatic nitrogens is 2. The molecular weight excluding hydrogens is 384 g/mol. The summed E-state index contributed by atoms with van der Waals surface area (Å²) in [7, 11) is 1.72. The molecule has 0 saturated heterocycles. The third-order valence-corrected chi connectivity index (χ3v) is 5.14. The minimum Gasteiger partial charge on any atom is -0.496 e. The molecule has 25 heavy (non-hydrogen) atoms. The highest BCUT2D eigenvalue weighted by Gasteiger charge is 2.27.